The smallest absolute Gasteiger partial charge is 0.0719 e. The second kappa shape index (κ2) is 13.7. The molecule has 2 aliphatic carbocycles. The molecule has 0 heterocycles. The van der Waals surface area contributed by atoms with E-state index in [0.29, 0.717) is 0 Å². The number of benzene rings is 9. The third-order valence-electron chi connectivity index (χ3n) is 13.0. The first kappa shape index (κ1) is 35.0. The number of anilines is 3. The largest absolute Gasteiger partial charge is 0.311 e. The molecule has 0 amide bonds. The standard InChI is InChI=1S/C58H43N/c1-57(2)53-21-11-13-23-55(53)58(56-24-14-12-22-54(56)57)51-20-10-9-19-49(51)50-39-45(33-38-52(50)58)44-27-25-41(26-28-44)43-31-36-48(37-32-43)59(46-17-7-4-8-18-46)47-34-29-42(30-35-47)40-15-5-3-6-16-40/h3-39H,1-2H3. The van der Waals surface area contributed by atoms with Crippen LogP contribution in [0.1, 0.15) is 47.2 Å². The minimum absolute atomic E-state index is 0.103. The Bertz CT molecular complexity index is 2930. The van der Waals surface area contributed by atoms with Crippen LogP contribution < -0.4 is 4.90 Å². The van der Waals surface area contributed by atoms with Gasteiger partial charge in [-0.3, -0.25) is 0 Å². The summed E-state index contributed by atoms with van der Waals surface area (Å²) in [6.07, 6.45) is 0. The van der Waals surface area contributed by atoms with Gasteiger partial charge in [-0.05, 0) is 120 Å². The van der Waals surface area contributed by atoms with E-state index in [2.05, 4.69) is 243 Å². The van der Waals surface area contributed by atoms with E-state index in [1.165, 1.54) is 77.9 Å². The molecule has 0 radical (unpaired) electrons. The van der Waals surface area contributed by atoms with E-state index in [9.17, 15) is 0 Å². The number of para-hydroxylation sites is 1. The number of fused-ring (bicyclic) bond motifs is 9. The highest BCUT2D eigenvalue weighted by atomic mass is 15.1. The van der Waals surface area contributed by atoms with Crippen molar-refractivity contribution in [2.75, 3.05) is 4.90 Å². The summed E-state index contributed by atoms with van der Waals surface area (Å²) in [5.74, 6) is 0. The van der Waals surface area contributed by atoms with Gasteiger partial charge in [0.1, 0.15) is 0 Å². The third-order valence-corrected chi connectivity index (χ3v) is 13.0. The van der Waals surface area contributed by atoms with Crippen molar-refractivity contribution in [1.29, 1.82) is 0 Å². The van der Waals surface area contributed by atoms with E-state index in [1.807, 2.05) is 0 Å². The highest BCUT2D eigenvalue weighted by molar-refractivity contribution is 5.91. The molecule has 0 atom stereocenters. The van der Waals surface area contributed by atoms with Crippen LogP contribution in [0.5, 0.6) is 0 Å². The van der Waals surface area contributed by atoms with E-state index < -0.39 is 0 Å². The summed E-state index contributed by atoms with van der Waals surface area (Å²) in [4.78, 5) is 2.32. The lowest BCUT2D eigenvalue weighted by Crippen LogP contribution is -2.40. The average Bonchev–Trinajstić information content (AvgIpc) is 3.60. The van der Waals surface area contributed by atoms with Gasteiger partial charge in [-0.2, -0.15) is 0 Å². The molecule has 0 bridgehead atoms. The van der Waals surface area contributed by atoms with E-state index in [1.54, 1.807) is 0 Å². The summed E-state index contributed by atoms with van der Waals surface area (Å²) in [6, 6.07) is 82.6. The molecule has 1 heteroatoms. The second-order valence-corrected chi connectivity index (χ2v) is 16.5. The fourth-order valence-electron chi connectivity index (χ4n) is 10.2. The molecule has 0 aromatic heterocycles. The number of nitrogens with zero attached hydrogens (tertiary/aromatic N) is 1. The summed E-state index contributed by atoms with van der Waals surface area (Å²) >= 11 is 0. The van der Waals surface area contributed by atoms with Crippen LogP contribution in [0, 0.1) is 0 Å². The number of hydrogen-bond acceptors (Lipinski definition) is 1. The molecule has 9 aromatic carbocycles. The van der Waals surface area contributed by atoms with Crippen molar-refractivity contribution in [3.63, 3.8) is 0 Å². The summed E-state index contributed by atoms with van der Waals surface area (Å²) in [6.45, 7) is 4.76. The van der Waals surface area contributed by atoms with Crippen LogP contribution in [-0.4, -0.2) is 0 Å². The molecule has 2 aliphatic rings. The van der Waals surface area contributed by atoms with E-state index in [0.717, 1.165) is 17.1 Å². The van der Waals surface area contributed by atoms with Gasteiger partial charge in [0.15, 0.2) is 0 Å². The lowest BCUT2D eigenvalue weighted by molar-refractivity contribution is 0.563. The summed E-state index contributed by atoms with van der Waals surface area (Å²) in [7, 11) is 0. The normalized spacial score (nSPS) is 13.9. The van der Waals surface area contributed by atoms with Crippen molar-refractivity contribution in [3.05, 3.63) is 258 Å². The average molecular weight is 754 g/mol. The van der Waals surface area contributed by atoms with Crippen LogP contribution in [0.3, 0.4) is 0 Å². The molecule has 0 unspecified atom stereocenters. The minimum Gasteiger partial charge on any atom is -0.311 e. The second-order valence-electron chi connectivity index (χ2n) is 16.5. The van der Waals surface area contributed by atoms with Crippen molar-refractivity contribution >= 4 is 17.1 Å². The van der Waals surface area contributed by atoms with Crippen molar-refractivity contribution < 1.29 is 0 Å². The molecule has 1 nitrogen and oxygen atoms in total. The van der Waals surface area contributed by atoms with Crippen molar-refractivity contribution in [1.82, 2.24) is 0 Å². The maximum atomic E-state index is 2.43. The van der Waals surface area contributed by atoms with E-state index >= 15 is 0 Å². The molecular formula is C58H43N. The summed E-state index contributed by atoms with van der Waals surface area (Å²) in [5, 5.41) is 0. The highest BCUT2D eigenvalue weighted by Gasteiger charge is 2.53. The van der Waals surface area contributed by atoms with Crippen LogP contribution in [0.4, 0.5) is 17.1 Å². The molecule has 59 heavy (non-hydrogen) atoms. The Morgan fingerprint density at radius 1 is 0.271 bits per heavy atom. The Morgan fingerprint density at radius 3 is 1.17 bits per heavy atom. The topological polar surface area (TPSA) is 3.24 Å². The highest BCUT2D eigenvalue weighted by Crippen LogP contribution is 2.62. The third kappa shape index (κ3) is 5.46. The SMILES string of the molecule is CC1(C)c2ccccc2C2(c3ccccc3-c3cc(-c4ccc(-c5ccc(N(c6ccccc6)c6ccc(-c7ccccc7)cc6)cc5)cc4)ccc32)c2ccccc21. The van der Waals surface area contributed by atoms with E-state index in [-0.39, 0.29) is 10.8 Å². The molecule has 280 valence electrons. The first-order valence-corrected chi connectivity index (χ1v) is 20.7. The molecule has 1 spiro atoms. The lowest BCUT2D eigenvalue weighted by Gasteiger charge is -2.46. The number of hydrogen-bond donors (Lipinski definition) is 0. The minimum atomic E-state index is -0.370. The van der Waals surface area contributed by atoms with Gasteiger partial charge in [0, 0.05) is 22.5 Å². The predicted molar refractivity (Wildman–Crippen MR) is 247 cm³/mol. The Morgan fingerprint density at radius 2 is 0.627 bits per heavy atom. The zero-order valence-corrected chi connectivity index (χ0v) is 33.3. The van der Waals surface area contributed by atoms with Crippen LogP contribution >= 0.6 is 0 Å². The van der Waals surface area contributed by atoms with E-state index in [4.69, 9.17) is 0 Å². The Kier molecular flexibility index (Phi) is 8.13. The fourth-order valence-corrected chi connectivity index (χ4v) is 10.2. The molecule has 0 N–H and O–H groups in total. The van der Waals surface area contributed by atoms with Crippen molar-refractivity contribution in [2.24, 2.45) is 0 Å². The molecule has 0 saturated heterocycles. The Balaban J connectivity index is 0.932. The Labute approximate surface area is 347 Å². The summed E-state index contributed by atoms with van der Waals surface area (Å²) < 4.78 is 0. The first-order valence-electron chi connectivity index (χ1n) is 20.7. The molecule has 9 aromatic rings. The molecule has 11 rings (SSSR count). The predicted octanol–water partition coefficient (Wildman–Crippen LogP) is 15.2. The quantitative estimate of drug-likeness (QED) is 0.163. The van der Waals surface area contributed by atoms with Gasteiger partial charge in [-0.1, -0.05) is 196 Å². The maximum Gasteiger partial charge on any atom is 0.0719 e. The van der Waals surface area contributed by atoms with Gasteiger partial charge in [-0.15, -0.1) is 0 Å². The first-order chi connectivity index (χ1) is 29.0. The van der Waals surface area contributed by atoms with Gasteiger partial charge >= 0.3 is 0 Å². The number of rotatable bonds is 6. The lowest BCUT2D eigenvalue weighted by atomic mass is 9.55. The molecule has 0 fully saturated rings. The Hall–Kier alpha value is -7.22. The molecule has 0 saturated carbocycles. The maximum absolute atomic E-state index is 2.43. The fraction of sp³-hybridized carbons (Fsp3) is 0.0690. The summed E-state index contributed by atoms with van der Waals surface area (Å²) in [5.41, 5.74) is 21.1. The van der Waals surface area contributed by atoms with Crippen LogP contribution in [0.25, 0.3) is 44.5 Å². The van der Waals surface area contributed by atoms with Crippen molar-refractivity contribution in [2.45, 2.75) is 24.7 Å². The van der Waals surface area contributed by atoms with Gasteiger partial charge < -0.3 is 4.90 Å². The van der Waals surface area contributed by atoms with Crippen LogP contribution in [0.15, 0.2) is 224 Å². The van der Waals surface area contributed by atoms with Gasteiger partial charge in [0.05, 0.1) is 5.41 Å². The zero-order chi connectivity index (χ0) is 39.6. The molecule has 0 aliphatic heterocycles. The van der Waals surface area contributed by atoms with Gasteiger partial charge in [0.2, 0.25) is 0 Å². The zero-order valence-electron chi connectivity index (χ0n) is 33.3. The van der Waals surface area contributed by atoms with Crippen LogP contribution in [0.2, 0.25) is 0 Å². The van der Waals surface area contributed by atoms with Gasteiger partial charge in [0.25, 0.3) is 0 Å². The van der Waals surface area contributed by atoms with Gasteiger partial charge in [-0.25, -0.2) is 0 Å². The monoisotopic (exact) mass is 753 g/mol. The van der Waals surface area contributed by atoms with Crippen molar-refractivity contribution in [3.8, 4) is 44.5 Å². The molecular weight excluding hydrogens is 711 g/mol. The van der Waals surface area contributed by atoms with Crippen LogP contribution in [-0.2, 0) is 10.8 Å².